The second kappa shape index (κ2) is 32.3. The summed E-state index contributed by atoms with van der Waals surface area (Å²) in [5, 5.41) is 15.5. The highest BCUT2D eigenvalue weighted by Gasteiger charge is 2.31. The highest BCUT2D eigenvalue weighted by molar-refractivity contribution is 7.90. The summed E-state index contributed by atoms with van der Waals surface area (Å²) in [5.74, 6) is -10.0. The molecule has 0 radical (unpaired) electrons. The van der Waals surface area contributed by atoms with Crippen molar-refractivity contribution in [3.8, 4) is 21.8 Å². The fraction of sp³-hybridized carbons (Fsp3) is 0.379. The Morgan fingerprint density at radius 2 is 1.34 bits per heavy atom. The maximum absolute atomic E-state index is 16.4. The van der Waals surface area contributed by atoms with Crippen molar-refractivity contribution < 1.29 is 83.7 Å². The predicted molar refractivity (Wildman–Crippen MR) is 315 cm³/mol. The first-order valence-electron chi connectivity index (χ1n) is 27.6. The number of imide groups is 1. The Balaban J connectivity index is 0.904. The van der Waals surface area contributed by atoms with Gasteiger partial charge in [-0.25, -0.2) is 41.3 Å². The number of carbonyl (C=O) groups excluding carboxylic acids is 9. The number of rotatable bonds is 32. The van der Waals surface area contributed by atoms with E-state index >= 15 is 4.39 Å². The Morgan fingerprint density at radius 3 is 1.99 bits per heavy atom. The average Bonchev–Trinajstić information content (AvgIpc) is 3.40. The second-order valence-electron chi connectivity index (χ2n) is 20.8. The van der Waals surface area contributed by atoms with E-state index in [-0.39, 0.29) is 112 Å². The number of nitrogens with one attached hydrogen (secondary N) is 6. The lowest BCUT2D eigenvalue weighted by Gasteiger charge is -2.22. The van der Waals surface area contributed by atoms with Crippen LogP contribution >= 0.6 is 11.3 Å². The average molecular weight is 1280 g/mol. The Bertz CT molecular complexity index is 3530. The fourth-order valence-electron chi connectivity index (χ4n) is 8.08. The van der Waals surface area contributed by atoms with Crippen LogP contribution in [0, 0.1) is 17.5 Å². The van der Waals surface area contributed by atoms with Crippen LogP contribution in [0.5, 0.6) is 0 Å². The standard InChI is InChI=1S/C58H66F3N11O15S2/c1-33(65-45(75)20-24-84-26-28-86-29-27-85-25-22-63-44(74)19-23-72-46(76)16-17-47(72)77)52(78)66-34(2)53(79)68-42(30-43(62)73)54(80)67-37-14-12-35(13-15-37)31-87-57(81)71-56-64-21-18-41(69-56)50-49(70-55(88-50)58(3,4)5)38-9-6-8-36(48(38)61)32-89(82,83)51-39(59)10-7-11-40(51)60/h6-18,21,33-34,42H,19-20,22-32H2,1-5H3,(H2,62,73)(H,63,74)(H,65,75)(H,66,78)(H,67,80)(H,68,79)(H,64,69,71,81)/t33-,34-,42-/m1/s1. The maximum atomic E-state index is 16.4. The van der Waals surface area contributed by atoms with Crippen molar-refractivity contribution in [2.24, 2.45) is 5.73 Å². The Hall–Kier alpha value is -9.04. The van der Waals surface area contributed by atoms with Crippen molar-refractivity contribution in [2.45, 2.75) is 94.7 Å². The molecule has 31 heteroatoms. The largest absolute Gasteiger partial charge is 0.444 e. The quantitative estimate of drug-likeness (QED) is 0.0237. The van der Waals surface area contributed by atoms with Gasteiger partial charge in [-0.05, 0) is 55.8 Å². The SMILES string of the molecule is C[C@@H](NC(=O)CCOCCOCCOCCNC(=O)CCN1C(=O)C=CC1=O)C(=O)N[C@H](C)C(=O)N[C@H](CC(N)=O)C(=O)Nc1ccc(COC(=O)Nc2nccc(-c3sc(C(C)(C)C)nc3-c3cccc(CS(=O)(=O)c4c(F)cccc4F)c3F)n2)cc1. The van der Waals surface area contributed by atoms with Gasteiger partial charge in [-0.1, -0.05) is 51.1 Å². The fourth-order valence-corrected chi connectivity index (χ4v) is 10.7. The van der Waals surface area contributed by atoms with Crippen LogP contribution in [-0.4, -0.2) is 152 Å². The molecule has 5 aromatic rings. The van der Waals surface area contributed by atoms with Gasteiger partial charge < -0.3 is 51.3 Å². The van der Waals surface area contributed by atoms with E-state index in [1.165, 1.54) is 68.6 Å². The van der Waals surface area contributed by atoms with Gasteiger partial charge in [0.2, 0.25) is 41.4 Å². The number of nitrogens with two attached hydrogens (primary N) is 1. The number of amides is 9. The maximum Gasteiger partial charge on any atom is 0.414 e. The normalized spacial score (nSPS) is 13.3. The molecule has 89 heavy (non-hydrogen) atoms. The van der Waals surface area contributed by atoms with Crippen molar-refractivity contribution in [2.75, 3.05) is 63.4 Å². The molecule has 0 saturated carbocycles. The molecule has 8 N–H and O–H groups in total. The first-order chi connectivity index (χ1) is 42.2. The van der Waals surface area contributed by atoms with Crippen LogP contribution < -0.4 is 37.6 Å². The molecule has 3 heterocycles. The molecule has 2 aromatic heterocycles. The summed E-state index contributed by atoms with van der Waals surface area (Å²) in [6, 6.07) is 10.1. The number of nitrogens with zero attached hydrogens (tertiary/aromatic N) is 4. The summed E-state index contributed by atoms with van der Waals surface area (Å²) in [4.78, 5) is 125. The molecule has 9 amide bonds. The van der Waals surface area contributed by atoms with E-state index in [1.807, 2.05) is 20.8 Å². The van der Waals surface area contributed by atoms with Gasteiger partial charge in [0, 0.05) is 66.5 Å². The van der Waals surface area contributed by atoms with Crippen molar-refractivity contribution in [3.05, 3.63) is 119 Å². The molecule has 1 aliphatic rings. The zero-order valence-electron chi connectivity index (χ0n) is 48.9. The number of aromatic nitrogens is 3. The van der Waals surface area contributed by atoms with E-state index in [1.54, 1.807) is 0 Å². The van der Waals surface area contributed by atoms with E-state index in [0.717, 1.165) is 46.6 Å². The number of benzene rings is 3. The number of ether oxygens (including phenoxy) is 4. The number of carbonyl (C=O) groups is 9. The van der Waals surface area contributed by atoms with Crippen molar-refractivity contribution in [3.63, 3.8) is 0 Å². The molecular formula is C58H66F3N11O15S2. The molecule has 6 rings (SSSR count). The molecule has 3 aromatic carbocycles. The van der Waals surface area contributed by atoms with Gasteiger partial charge in [-0.15, -0.1) is 11.3 Å². The number of thiazole rings is 1. The molecule has 0 saturated heterocycles. The monoisotopic (exact) mass is 1280 g/mol. The molecule has 0 bridgehead atoms. The third-order valence-electron chi connectivity index (χ3n) is 12.7. The molecule has 3 atom stereocenters. The Labute approximate surface area is 513 Å². The van der Waals surface area contributed by atoms with E-state index < -0.39 is 115 Å². The molecule has 0 unspecified atom stereocenters. The number of sulfone groups is 1. The lowest BCUT2D eigenvalue weighted by atomic mass is 9.98. The summed E-state index contributed by atoms with van der Waals surface area (Å²) >= 11 is 1.16. The lowest BCUT2D eigenvalue weighted by molar-refractivity contribution is -0.137. The summed E-state index contributed by atoms with van der Waals surface area (Å²) in [6.45, 7) is 9.27. The van der Waals surface area contributed by atoms with Gasteiger partial charge >= 0.3 is 6.09 Å². The van der Waals surface area contributed by atoms with Gasteiger partial charge in [0.05, 0.1) is 73.1 Å². The number of hydrogen-bond donors (Lipinski definition) is 7. The summed E-state index contributed by atoms with van der Waals surface area (Å²) in [5.41, 5.74) is 5.26. The molecule has 476 valence electrons. The van der Waals surface area contributed by atoms with E-state index in [9.17, 15) is 60.3 Å². The van der Waals surface area contributed by atoms with Crippen LogP contribution in [0.1, 0.15) is 70.0 Å². The predicted octanol–water partition coefficient (Wildman–Crippen LogP) is 3.88. The third kappa shape index (κ3) is 20.8. The minimum Gasteiger partial charge on any atom is -0.444 e. The first kappa shape index (κ1) is 69.1. The van der Waals surface area contributed by atoms with Gasteiger partial charge in [-0.2, -0.15) is 0 Å². The number of halogens is 3. The minimum absolute atomic E-state index is 0.00531. The summed E-state index contributed by atoms with van der Waals surface area (Å²) in [7, 11) is -4.70. The van der Waals surface area contributed by atoms with Crippen LogP contribution in [0.2, 0.25) is 0 Å². The van der Waals surface area contributed by atoms with E-state index in [4.69, 9.17) is 29.7 Å². The lowest BCUT2D eigenvalue weighted by Crippen LogP contribution is -2.55. The third-order valence-corrected chi connectivity index (χ3v) is 15.9. The molecule has 0 fully saturated rings. The number of hydrogen-bond acceptors (Lipinski definition) is 19. The highest BCUT2D eigenvalue weighted by Crippen LogP contribution is 2.42. The van der Waals surface area contributed by atoms with Crippen LogP contribution in [0.4, 0.5) is 29.6 Å². The zero-order chi connectivity index (χ0) is 65.0. The van der Waals surface area contributed by atoms with Crippen molar-refractivity contribution >= 4 is 86.2 Å². The van der Waals surface area contributed by atoms with Crippen molar-refractivity contribution in [1.29, 1.82) is 0 Å². The van der Waals surface area contributed by atoms with Gasteiger partial charge in [-0.3, -0.25) is 48.6 Å². The number of primary amides is 1. The second-order valence-corrected chi connectivity index (χ2v) is 23.7. The van der Waals surface area contributed by atoms with Gasteiger partial charge in [0.15, 0.2) is 9.84 Å². The van der Waals surface area contributed by atoms with Crippen LogP contribution in [0.25, 0.3) is 21.8 Å². The molecular weight excluding hydrogens is 1210 g/mol. The molecule has 0 spiro atoms. The zero-order valence-corrected chi connectivity index (χ0v) is 50.6. The van der Waals surface area contributed by atoms with Crippen LogP contribution in [0.15, 0.2) is 90.0 Å². The molecule has 26 nitrogen and oxygen atoms in total. The summed E-state index contributed by atoms with van der Waals surface area (Å²) in [6.07, 6.45) is 1.89. The highest BCUT2D eigenvalue weighted by atomic mass is 32.2. The first-order valence-corrected chi connectivity index (χ1v) is 30.0. The minimum atomic E-state index is -4.70. The number of anilines is 2. The summed E-state index contributed by atoms with van der Waals surface area (Å²) < 4.78 is 93.4. The van der Waals surface area contributed by atoms with E-state index in [0.29, 0.717) is 15.4 Å². The van der Waals surface area contributed by atoms with Gasteiger partial charge in [0.25, 0.3) is 11.8 Å². The molecule has 0 aliphatic carbocycles. The topological polar surface area (TPSA) is 365 Å². The Morgan fingerprint density at radius 1 is 0.719 bits per heavy atom. The smallest absolute Gasteiger partial charge is 0.414 e. The van der Waals surface area contributed by atoms with Crippen LogP contribution in [-0.2, 0) is 84.9 Å². The van der Waals surface area contributed by atoms with Crippen molar-refractivity contribution in [1.82, 2.24) is 41.1 Å². The van der Waals surface area contributed by atoms with Gasteiger partial charge in [0.1, 0.15) is 47.1 Å². The van der Waals surface area contributed by atoms with Crippen LogP contribution in [0.3, 0.4) is 0 Å². The van der Waals surface area contributed by atoms with E-state index in [2.05, 4.69) is 41.9 Å². The molecule has 1 aliphatic heterocycles. The Kier molecular flexibility index (Phi) is 25.0.